The van der Waals surface area contributed by atoms with Gasteiger partial charge in [-0.25, -0.2) is 0 Å². The minimum absolute atomic E-state index is 0.0635. The molecule has 0 spiro atoms. The second-order valence-electron chi connectivity index (χ2n) is 5.96. The average Bonchev–Trinajstić information content (AvgIpc) is 3.26. The van der Waals surface area contributed by atoms with Crippen LogP contribution in [0.4, 0.5) is 0 Å². The van der Waals surface area contributed by atoms with Crippen LogP contribution < -0.4 is 10.9 Å². The average molecular weight is 284 g/mol. The first-order chi connectivity index (χ1) is 10.0. The zero-order chi connectivity index (χ0) is 15.0. The third kappa shape index (κ3) is 2.99. The Kier molecular flexibility index (Phi) is 3.53. The van der Waals surface area contributed by atoms with Gasteiger partial charge in [0.25, 0.3) is 5.56 Å². The van der Waals surface area contributed by atoms with Gasteiger partial charge in [0.2, 0.25) is 5.91 Å². The van der Waals surface area contributed by atoms with Crippen molar-refractivity contribution in [2.45, 2.75) is 33.1 Å². The highest BCUT2D eigenvalue weighted by atomic mass is 16.2. The molecule has 1 aromatic carbocycles. The van der Waals surface area contributed by atoms with E-state index in [4.69, 9.17) is 0 Å². The van der Waals surface area contributed by atoms with Crippen LogP contribution in [0.1, 0.15) is 29.5 Å². The van der Waals surface area contributed by atoms with Gasteiger partial charge >= 0.3 is 0 Å². The highest BCUT2D eigenvalue weighted by Gasteiger charge is 2.29. The van der Waals surface area contributed by atoms with Gasteiger partial charge in [0.15, 0.2) is 0 Å². The van der Waals surface area contributed by atoms with E-state index in [-0.39, 0.29) is 17.4 Å². The molecule has 4 heteroatoms. The van der Waals surface area contributed by atoms with E-state index in [1.807, 2.05) is 19.1 Å². The normalized spacial score (nSPS) is 14.4. The number of carbonyl (C=O) groups is 1. The van der Waals surface area contributed by atoms with E-state index in [1.54, 1.807) is 0 Å². The molecule has 0 radical (unpaired) electrons. The largest absolute Gasteiger partial charge is 0.356 e. The van der Waals surface area contributed by atoms with Crippen LogP contribution in [-0.4, -0.2) is 17.4 Å². The fourth-order valence-electron chi connectivity index (χ4n) is 2.52. The summed E-state index contributed by atoms with van der Waals surface area (Å²) in [7, 11) is 0. The molecule has 1 aliphatic rings. The number of pyridine rings is 1. The molecule has 0 unspecified atom stereocenters. The van der Waals surface area contributed by atoms with Crippen molar-refractivity contribution < 1.29 is 4.79 Å². The molecule has 1 amide bonds. The summed E-state index contributed by atoms with van der Waals surface area (Å²) in [5, 5.41) is 3.94. The topological polar surface area (TPSA) is 62.0 Å². The molecule has 1 saturated carbocycles. The minimum Gasteiger partial charge on any atom is -0.356 e. The van der Waals surface area contributed by atoms with Gasteiger partial charge in [0, 0.05) is 23.5 Å². The van der Waals surface area contributed by atoms with Crippen molar-refractivity contribution in [3.63, 3.8) is 0 Å². The lowest BCUT2D eigenvalue weighted by Crippen LogP contribution is -2.28. The van der Waals surface area contributed by atoms with Crippen LogP contribution >= 0.6 is 0 Å². The lowest BCUT2D eigenvalue weighted by molar-refractivity contribution is -0.122. The summed E-state index contributed by atoms with van der Waals surface area (Å²) >= 11 is 0. The molecular formula is C17H20N2O2. The molecule has 4 nitrogen and oxygen atoms in total. The lowest BCUT2D eigenvalue weighted by atomic mass is 10.0. The van der Waals surface area contributed by atoms with Gasteiger partial charge in [-0.15, -0.1) is 0 Å². The number of nitrogens with one attached hydrogen (secondary N) is 2. The van der Waals surface area contributed by atoms with Crippen molar-refractivity contribution in [2.75, 3.05) is 6.54 Å². The van der Waals surface area contributed by atoms with E-state index < -0.39 is 0 Å². The highest BCUT2D eigenvalue weighted by molar-refractivity contribution is 5.81. The quantitative estimate of drug-likeness (QED) is 0.904. The number of benzene rings is 1. The minimum atomic E-state index is -0.0635. The SMILES string of the molecule is Cc1cc2cc(CCNC(=O)C3CC3)c(=O)[nH]c2cc1C. The maximum atomic E-state index is 12.1. The molecule has 1 fully saturated rings. The van der Waals surface area contributed by atoms with Gasteiger partial charge in [-0.05, 0) is 67.8 Å². The number of aromatic nitrogens is 1. The second kappa shape index (κ2) is 5.35. The number of rotatable bonds is 4. The van der Waals surface area contributed by atoms with E-state index in [1.165, 1.54) is 11.1 Å². The molecule has 2 aromatic rings. The van der Waals surface area contributed by atoms with E-state index in [0.717, 1.165) is 29.3 Å². The summed E-state index contributed by atoms with van der Waals surface area (Å²) in [5.74, 6) is 0.337. The first kappa shape index (κ1) is 13.9. The Hall–Kier alpha value is -2.10. The van der Waals surface area contributed by atoms with Gasteiger partial charge in [0.1, 0.15) is 0 Å². The molecule has 1 heterocycles. The van der Waals surface area contributed by atoms with E-state index in [0.29, 0.717) is 13.0 Å². The van der Waals surface area contributed by atoms with Crippen LogP contribution in [0.15, 0.2) is 23.0 Å². The Morgan fingerprint density at radius 3 is 2.67 bits per heavy atom. The number of aryl methyl sites for hydroxylation is 2. The predicted molar refractivity (Wildman–Crippen MR) is 83.5 cm³/mol. The lowest BCUT2D eigenvalue weighted by Gasteiger charge is -2.07. The van der Waals surface area contributed by atoms with Crippen molar-refractivity contribution >= 4 is 16.8 Å². The fourth-order valence-corrected chi connectivity index (χ4v) is 2.52. The van der Waals surface area contributed by atoms with Crippen molar-refractivity contribution in [1.29, 1.82) is 0 Å². The van der Waals surface area contributed by atoms with Crippen LogP contribution in [0.5, 0.6) is 0 Å². The molecule has 1 aromatic heterocycles. The predicted octanol–water partition coefficient (Wildman–Crippen LogP) is 2.21. The monoisotopic (exact) mass is 284 g/mol. The number of hydrogen-bond acceptors (Lipinski definition) is 2. The third-order valence-electron chi connectivity index (χ3n) is 4.18. The van der Waals surface area contributed by atoms with Gasteiger partial charge in [-0.3, -0.25) is 9.59 Å². The summed E-state index contributed by atoms with van der Waals surface area (Å²) in [5.41, 5.74) is 3.91. The summed E-state index contributed by atoms with van der Waals surface area (Å²) in [6.45, 7) is 4.62. The molecule has 0 saturated heterocycles. The van der Waals surface area contributed by atoms with Crippen molar-refractivity contribution in [1.82, 2.24) is 10.3 Å². The van der Waals surface area contributed by atoms with Crippen LogP contribution in [0.2, 0.25) is 0 Å². The molecule has 110 valence electrons. The van der Waals surface area contributed by atoms with Crippen LogP contribution in [0.25, 0.3) is 10.9 Å². The van der Waals surface area contributed by atoms with Crippen LogP contribution in [0.3, 0.4) is 0 Å². The number of H-pyrrole nitrogens is 1. The Morgan fingerprint density at radius 2 is 1.95 bits per heavy atom. The Bertz CT molecular complexity index is 757. The maximum absolute atomic E-state index is 12.1. The molecule has 0 aliphatic heterocycles. The standard InChI is InChI=1S/C17H20N2O2/c1-10-7-14-9-13(5-6-18-16(20)12-3-4-12)17(21)19-15(14)8-11(10)2/h7-9,12H,3-6H2,1-2H3,(H,18,20)(H,19,21). The van der Waals surface area contributed by atoms with Gasteiger partial charge in [-0.2, -0.15) is 0 Å². The summed E-state index contributed by atoms with van der Waals surface area (Å²) in [4.78, 5) is 26.6. The van der Waals surface area contributed by atoms with Crippen LogP contribution in [-0.2, 0) is 11.2 Å². The molecule has 0 bridgehead atoms. The van der Waals surface area contributed by atoms with Crippen molar-refractivity contribution in [3.8, 4) is 0 Å². The summed E-state index contributed by atoms with van der Waals surface area (Å²) < 4.78 is 0. The Labute approximate surface area is 123 Å². The van der Waals surface area contributed by atoms with Crippen molar-refractivity contribution in [2.24, 2.45) is 5.92 Å². The summed E-state index contributed by atoms with van der Waals surface area (Å²) in [6.07, 6.45) is 2.57. The number of carbonyl (C=O) groups excluding carboxylic acids is 1. The number of amides is 1. The molecule has 2 N–H and O–H groups in total. The zero-order valence-electron chi connectivity index (χ0n) is 12.5. The molecular weight excluding hydrogens is 264 g/mol. The van der Waals surface area contributed by atoms with E-state index in [9.17, 15) is 9.59 Å². The highest BCUT2D eigenvalue weighted by Crippen LogP contribution is 2.28. The Morgan fingerprint density at radius 1 is 1.24 bits per heavy atom. The third-order valence-corrected chi connectivity index (χ3v) is 4.18. The van der Waals surface area contributed by atoms with Crippen molar-refractivity contribution in [3.05, 3.63) is 45.2 Å². The maximum Gasteiger partial charge on any atom is 0.251 e. The smallest absolute Gasteiger partial charge is 0.251 e. The van der Waals surface area contributed by atoms with Gasteiger partial charge < -0.3 is 10.3 Å². The molecule has 21 heavy (non-hydrogen) atoms. The first-order valence-corrected chi connectivity index (χ1v) is 7.45. The number of aromatic amines is 1. The second-order valence-corrected chi connectivity index (χ2v) is 5.96. The van der Waals surface area contributed by atoms with E-state index in [2.05, 4.69) is 23.3 Å². The zero-order valence-corrected chi connectivity index (χ0v) is 12.5. The Balaban J connectivity index is 1.78. The van der Waals surface area contributed by atoms with Gasteiger partial charge in [-0.1, -0.05) is 0 Å². The molecule has 0 atom stereocenters. The summed E-state index contributed by atoms with van der Waals surface area (Å²) in [6, 6.07) is 6.03. The fraction of sp³-hybridized carbons (Fsp3) is 0.412. The molecule has 1 aliphatic carbocycles. The van der Waals surface area contributed by atoms with Gasteiger partial charge in [0.05, 0.1) is 0 Å². The number of hydrogen-bond donors (Lipinski definition) is 2. The molecule has 3 rings (SSSR count). The first-order valence-electron chi connectivity index (χ1n) is 7.45. The number of fused-ring (bicyclic) bond motifs is 1. The van der Waals surface area contributed by atoms with E-state index >= 15 is 0 Å². The van der Waals surface area contributed by atoms with Crippen LogP contribution in [0, 0.1) is 19.8 Å².